The maximum Gasteiger partial charge on any atom is 0.121 e. The molecule has 5 nitrogen and oxygen atoms in total. The van der Waals surface area contributed by atoms with E-state index >= 15 is 0 Å². The van der Waals surface area contributed by atoms with Crippen LogP contribution in [-0.4, -0.2) is 27.6 Å². The zero-order chi connectivity index (χ0) is 13.1. The quantitative estimate of drug-likeness (QED) is 0.860. The van der Waals surface area contributed by atoms with Gasteiger partial charge in [0.25, 0.3) is 0 Å². The molecule has 0 aliphatic heterocycles. The Labute approximate surface area is 112 Å². The van der Waals surface area contributed by atoms with Crippen molar-refractivity contribution in [2.75, 3.05) is 6.61 Å². The molecule has 0 amide bonds. The number of nitrogens with zero attached hydrogens (tertiary/aromatic N) is 3. The molecule has 5 heteroatoms. The van der Waals surface area contributed by atoms with Crippen molar-refractivity contribution < 1.29 is 4.74 Å². The summed E-state index contributed by atoms with van der Waals surface area (Å²) in [7, 11) is 0. The second-order valence-corrected chi connectivity index (χ2v) is 4.72. The summed E-state index contributed by atoms with van der Waals surface area (Å²) in [6.07, 6.45) is 4.37. The Hall–Kier alpha value is -1.88. The number of ether oxygens (including phenoxy) is 1. The van der Waals surface area contributed by atoms with E-state index in [4.69, 9.17) is 4.74 Å². The Bertz CT molecular complexity index is 548. The number of hydrogen-bond donors (Lipinski definition) is 1. The molecule has 2 aromatic rings. The first kappa shape index (κ1) is 12.2. The summed E-state index contributed by atoms with van der Waals surface area (Å²) in [5.41, 5.74) is 2.05. The molecule has 0 unspecified atom stereocenters. The summed E-state index contributed by atoms with van der Waals surface area (Å²) in [4.78, 5) is 0. The standard InChI is InChI=1S/C14H18N4O/c1-2-19-14-5-3-4-12(8-14)18-13(10-16-17-18)9-15-11-6-7-11/h3-5,8,10-11,15H,2,6-7,9H2,1H3. The van der Waals surface area contributed by atoms with Crippen molar-refractivity contribution in [2.24, 2.45) is 0 Å². The molecule has 0 radical (unpaired) electrons. The van der Waals surface area contributed by atoms with Crippen LogP contribution in [0, 0.1) is 0 Å². The third kappa shape index (κ3) is 2.93. The van der Waals surface area contributed by atoms with Crippen LogP contribution in [0.2, 0.25) is 0 Å². The maximum absolute atomic E-state index is 5.52. The lowest BCUT2D eigenvalue weighted by Gasteiger charge is -2.09. The monoisotopic (exact) mass is 258 g/mol. The topological polar surface area (TPSA) is 52.0 Å². The number of nitrogens with one attached hydrogen (secondary N) is 1. The second kappa shape index (κ2) is 5.40. The van der Waals surface area contributed by atoms with Crippen LogP contribution in [0.4, 0.5) is 0 Å². The van der Waals surface area contributed by atoms with Gasteiger partial charge in [-0.05, 0) is 31.9 Å². The third-order valence-electron chi connectivity index (χ3n) is 3.14. The fourth-order valence-electron chi connectivity index (χ4n) is 2.00. The number of benzene rings is 1. The van der Waals surface area contributed by atoms with Crippen LogP contribution in [0.3, 0.4) is 0 Å². The van der Waals surface area contributed by atoms with Crippen molar-refractivity contribution in [1.82, 2.24) is 20.3 Å². The number of hydrogen-bond acceptors (Lipinski definition) is 4. The van der Waals surface area contributed by atoms with Crippen LogP contribution in [0.5, 0.6) is 5.75 Å². The normalized spacial score (nSPS) is 14.6. The number of rotatable bonds is 6. The summed E-state index contributed by atoms with van der Waals surface area (Å²) < 4.78 is 7.37. The van der Waals surface area contributed by atoms with Gasteiger partial charge in [-0.15, -0.1) is 5.10 Å². The minimum atomic E-state index is 0.664. The summed E-state index contributed by atoms with van der Waals surface area (Å²) in [6.45, 7) is 3.44. The molecule has 1 fully saturated rings. The van der Waals surface area contributed by atoms with Crippen molar-refractivity contribution in [2.45, 2.75) is 32.4 Å². The van der Waals surface area contributed by atoms with E-state index in [0.717, 1.165) is 23.7 Å². The molecule has 1 saturated carbocycles. The first-order chi connectivity index (χ1) is 9.36. The van der Waals surface area contributed by atoms with E-state index in [2.05, 4.69) is 15.6 Å². The Morgan fingerprint density at radius 3 is 3.11 bits per heavy atom. The molecular weight excluding hydrogens is 240 g/mol. The highest BCUT2D eigenvalue weighted by Gasteiger charge is 2.21. The Morgan fingerprint density at radius 2 is 2.32 bits per heavy atom. The van der Waals surface area contributed by atoms with Crippen molar-refractivity contribution >= 4 is 0 Å². The minimum absolute atomic E-state index is 0.664. The van der Waals surface area contributed by atoms with E-state index in [1.54, 1.807) is 0 Å². The average Bonchev–Trinajstić information content (AvgIpc) is 3.14. The lowest BCUT2D eigenvalue weighted by atomic mass is 10.3. The minimum Gasteiger partial charge on any atom is -0.494 e. The first-order valence-corrected chi connectivity index (χ1v) is 6.73. The summed E-state index contributed by atoms with van der Waals surface area (Å²) in [5.74, 6) is 0.858. The summed E-state index contributed by atoms with van der Waals surface area (Å²) in [5, 5.41) is 11.6. The Morgan fingerprint density at radius 1 is 1.42 bits per heavy atom. The van der Waals surface area contributed by atoms with Gasteiger partial charge in [-0.25, -0.2) is 4.68 Å². The molecule has 3 rings (SSSR count). The third-order valence-corrected chi connectivity index (χ3v) is 3.14. The fourth-order valence-corrected chi connectivity index (χ4v) is 2.00. The average molecular weight is 258 g/mol. The van der Waals surface area contributed by atoms with Crippen molar-refractivity contribution in [3.05, 3.63) is 36.2 Å². The van der Waals surface area contributed by atoms with E-state index in [0.29, 0.717) is 12.6 Å². The largest absolute Gasteiger partial charge is 0.494 e. The van der Waals surface area contributed by atoms with Gasteiger partial charge in [0, 0.05) is 18.7 Å². The lowest BCUT2D eigenvalue weighted by Crippen LogP contribution is -2.18. The van der Waals surface area contributed by atoms with Crippen LogP contribution in [0.25, 0.3) is 5.69 Å². The molecule has 0 bridgehead atoms. The van der Waals surface area contributed by atoms with Gasteiger partial charge in [-0.3, -0.25) is 0 Å². The highest BCUT2D eigenvalue weighted by atomic mass is 16.5. The molecule has 19 heavy (non-hydrogen) atoms. The SMILES string of the molecule is CCOc1cccc(-n2nncc2CNC2CC2)c1. The van der Waals surface area contributed by atoms with Crippen LogP contribution < -0.4 is 10.1 Å². The predicted octanol–water partition coefficient (Wildman–Crippen LogP) is 1.92. The predicted molar refractivity (Wildman–Crippen MR) is 72.4 cm³/mol. The molecule has 1 aliphatic carbocycles. The van der Waals surface area contributed by atoms with Crippen molar-refractivity contribution in [1.29, 1.82) is 0 Å². The van der Waals surface area contributed by atoms with Crippen molar-refractivity contribution in [3.63, 3.8) is 0 Å². The smallest absolute Gasteiger partial charge is 0.121 e. The van der Waals surface area contributed by atoms with E-state index in [1.807, 2.05) is 42.1 Å². The summed E-state index contributed by atoms with van der Waals surface area (Å²) in [6, 6.07) is 8.60. The molecule has 0 spiro atoms. The lowest BCUT2D eigenvalue weighted by molar-refractivity contribution is 0.340. The molecule has 100 valence electrons. The van der Waals surface area contributed by atoms with Gasteiger partial charge in [0.05, 0.1) is 24.2 Å². The first-order valence-electron chi connectivity index (χ1n) is 6.73. The molecule has 0 atom stereocenters. The second-order valence-electron chi connectivity index (χ2n) is 4.72. The van der Waals surface area contributed by atoms with Crippen LogP contribution in [0.15, 0.2) is 30.5 Å². The molecule has 0 saturated heterocycles. The van der Waals surface area contributed by atoms with Gasteiger partial charge < -0.3 is 10.1 Å². The van der Waals surface area contributed by atoms with Crippen LogP contribution in [-0.2, 0) is 6.54 Å². The van der Waals surface area contributed by atoms with E-state index in [9.17, 15) is 0 Å². The van der Waals surface area contributed by atoms with Crippen LogP contribution in [0.1, 0.15) is 25.5 Å². The molecule has 1 aromatic heterocycles. The molecular formula is C14H18N4O. The number of aromatic nitrogens is 3. The van der Waals surface area contributed by atoms with Gasteiger partial charge in [-0.2, -0.15) is 0 Å². The molecule has 1 heterocycles. The zero-order valence-electron chi connectivity index (χ0n) is 11.0. The van der Waals surface area contributed by atoms with E-state index in [-0.39, 0.29) is 0 Å². The molecule has 1 N–H and O–H groups in total. The van der Waals surface area contributed by atoms with Crippen LogP contribution >= 0.6 is 0 Å². The highest BCUT2D eigenvalue weighted by molar-refractivity contribution is 5.39. The van der Waals surface area contributed by atoms with E-state index in [1.165, 1.54) is 12.8 Å². The van der Waals surface area contributed by atoms with E-state index < -0.39 is 0 Å². The van der Waals surface area contributed by atoms with Crippen molar-refractivity contribution in [3.8, 4) is 11.4 Å². The van der Waals surface area contributed by atoms with Gasteiger partial charge in [0.15, 0.2) is 0 Å². The van der Waals surface area contributed by atoms with Gasteiger partial charge in [0.2, 0.25) is 0 Å². The van der Waals surface area contributed by atoms with Gasteiger partial charge >= 0.3 is 0 Å². The fraction of sp³-hybridized carbons (Fsp3) is 0.429. The Balaban J connectivity index is 1.80. The summed E-state index contributed by atoms with van der Waals surface area (Å²) >= 11 is 0. The molecule has 1 aliphatic rings. The maximum atomic E-state index is 5.52. The molecule has 1 aromatic carbocycles. The van der Waals surface area contributed by atoms with Gasteiger partial charge in [-0.1, -0.05) is 11.3 Å². The Kier molecular flexibility index (Phi) is 3.46. The highest BCUT2D eigenvalue weighted by Crippen LogP contribution is 2.20. The zero-order valence-corrected chi connectivity index (χ0v) is 11.0. The van der Waals surface area contributed by atoms with Gasteiger partial charge in [0.1, 0.15) is 5.75 Å².